The first-order valence-electron chi connectivity index (χ1n) is 22.2. The highest BCUT2D eigenvalue weighted by Crippen LogP contribution is 2.53. The first kappa shape index (κ1) is 36.7. The number of allylic oxidation sites excluding steroid dienone is 2. The van der Waals surface area contributed by atoms with Crippen LogP contribution in [0.4, 0.5) is 0 Å². The molecule has 3 unspecified atom stereocenters. The molecule has 0 saturated carbocycles. The number of hydrogen-bond acceptors (Lipinski definition) is 5. The van der Waals surface area contributed by atoms with Gasteiger partial charge in [-0.2, -0.15) is 0 Å². The molecule has 3 heterocycles. The highest BCUT2D eigenvalue weighted by molar-refractivity contribution is 6.13. The smallest absolute Gasteiger partial charge is 0.164 e. The van der Waals surface area contributed by atoms with E-state index in [1.807, 2.05) is 18.2 Å². The van der Waals surface area contributed by atoms with Gasteiger partial charge in [0.2, 0.25) is 0 Å². The molecule has 8 aromatic carbocycles. The van der Waals surface area contributed by atoms with E-state index in [-0.39, 0.29) is 12.0 Å². The fraction of sp³-hybridized carbons (Fsp3) is 0.102. The molecule has 0 spiro atoms. The van der Waals surface area contributed by atoms with E-state index in [0.29, 0.717) is 17.5 Å². The van der Waals surface area contributed by atoms with Gasteiger partial charge in [-0.05, 0) is 94.3 Å². The number of ether oxygens (including phenoxy) is 1. The standard InChI is InChI=1S/C59H41N3O2/c1-59-49-21-10-12-24-52(49)63-53(59)25-13-22-50(59)58-61-56(38-28-26-37(27-29-38)36-14-3-2-4-15-36)60-57(62-58)47-33-32-45(55-54(47)46-20-9-11-23-51(46)64-55)44-31-30-41-34-39-16-5-6-17-40(39)35-48(41)43-19-8-7-18-42(43)44/h2-29,32-35,44,53H,30-31H2,1H3. The van der Waals surface area contributed by atoms with Crippen LogP contribution in [0.1, 0.15) is 47.3 Å². The fourth-order valence-electron chi connectivity index (χ4n) is 10.7. The summed E-state index contributed by atoms with van der Waals surface area (Å²) >= 11 is 0. The van der Waals surface area contributed by atoms with Crippen LogP contribution in [0.5, 0.6) is 5.75 Å². The van der Waals surface area contributed by atoms with Gasteiger partial charge in [0.05, 0.1) is 5.41 Å². The fourth-order valence-corrected chi connectivity index (χ4v) is 10.7. The maximum absolute atomic E-state index is 7.02. The van der Waals surface area contributed by atoms with E-state index in [1.54, 1.807) is 0 Å². The van der Waals surface area contributed by atoms with Crippen molar-refractivity contribution in [3.05, 3.63) is 222 Å². The lowest BCUT2D eigenvalue weighted by Gasteiger charge is -2.33. The molecule has 0 bridgehead atoms. The van der Waals surface area contributed by atoms with E-state index in [0.717, 1.165) is 73.9 Å². The lowest BCUT2D eigenvalue weighted by molar-refractivity contribution is 0.232. The van der Waals surface area contributed by atoms with Gasteiger partial charge >= 0.3 is 0 Å². The number of nitrogens with zero attached hydrogens (tertiary/aromatic N) is 3. The largest absolute Gasteiger partial charge is 0.485 e. The number of para-hydroxylation sites is 2. The summed E-state index contributed by atoms with van der Waals surface area (Å²) in [4.78, 5) is 16.2. The summed E-state index contributed by atoms with van der Waals surface area (Å²) in [5.74, 6) is 2.80. The number of benzene rings is 8. The Labute approximate surface area is 371 Å². The van der Waals surface area contributed by atoms with Crippen LogP contribution >= 0.6 is 0 Å². The van der Waals surface area contributed by atoms with Crippen molar-refractivity contribution in [1.29, 1.82) is 0 Å². The highest BCUT2D eigenvalue weighted by atomic mass is 16.5. The molecule has 3 aliphatic rings. The Bertz CT molecular complexity index is 3570. The first-order valence-corrected chi connectivity index (χ1v) is 22.2. The van der Waals surface area contributed by atoms with E-state index in [9.17, 15) is 0 Å². The van der Waals surface area contributed by atoms with E-state index >= 15 is 0 Å². The molecule has 3 atom stereocenters. The third-order valence-electron chi connectivity index (χ3n) is 14.0. The molecule has 5 nitrogen and oxygen atoms in total. The summed E-state index contributed by atoms with van der Waals surface area (Å²) in [6.45, 7) is 2.25. The van der Waals surface area contributed by atoms with Crippen molar-refractivity contribution < 1.29 is 9.15 Å². The van der Waals surface area contributed by atoms with Gasteiger partial charge in [0, 0.05) is 44.5 Å². The normalized spacial score (nSPS) is 18.5. The van der Waals surface area contributed by atoms with Gasteiger partial charge < -0.3 is 9.15 Å². The van der Waals surface area contributed by atoms with Crippen LogP contribution in [0.15, 0.2) is 199 Å². The van der Waals surface area contributed by atoms with Crippen molar-refractivity contribution in [2.75, 3.05) is 0 Å². The van der Waals surface area contributed by atoms with E-state index in [4.69, 9.17) is 24.1 Å². The Hall–Kier alpha value is -7.89. The molecule has 2 aromatic heterocycles. The summed E-state index contributed by atoms with van der Waals surface area (Å²) in [7, 11) is 0. The number of rotatable bonds is 5. The molecular formula is C59H41N3O2. The number of aromatic nitrogens is 3. The molecule has 0 saturated heterocycles. The molecule has 0 amide bonds. The summed E-state index contributed by atoms with van der Waals surface area (Å²) in [6, 6.07) is 62.6. The second-order valence-corrected chi connectivity index (χ2v) is 17.5. The second-order valence-electron chi connectivity index (χ2n) is 17.5. The van der Waals surface area contributed by atoms with Crippen molar-refractivity contribution in [2.24, 2.45) is 0 Å². The maximum atomic E-state index is 7.02. The van der Waals surface area contributed by atoms with Crippen LogP contribution in [0.2, 0.25) is 0 Å². The zero-order chi connectivity index (χ0) is 42.4. The average Bonchev–Trinajstić information content (AvgIpc) is 3.84. The Balaban J connectivity index is 1.01. The molecule has 5 heteroatoms. The minimum Gasteiger partial charge on any atom is -0.485 e. The second kappa shape index (κ2) is 14.3. The lowest BCUT2D eigenvalue weighted by Crippen LogP contribution is -2.37. The zero-order valence-electron chi connectivity index (χ0n) is 35.2. The van der Waals surface area contributed by atoms with Crippen LogP contribution in [0, 0.1) is 0 Å². The van der Waals surface area contributed by atoms with Gasteiger partial charge in [-0.3, -0.25) is 0 Å². The van der Waals surface area contributed by atoms with Crippen LogP contribution in [-0.4, -0.2) is 21.1 Å². The van der Waals surface area contributed by atoms with Crippen LogP contribution < -0.4 is 4.74 Å². The Morgan fingerprint density at radius 1 is 0.562 bits per heavy atom. The molecule has 2 aliphatic carbocycles. The van der Waals surface area contributed by atoms with Gasteiger partial charge in [-0.1, -0.05) is 164 Å². The molecule has 13 rings (SSSR count). The first-order chi connectivity index (χ1) is 31.6. The van der Waals surface area contributed by atoms with Gasteiger partial charge in [0.15, 0.2) is 17.5 Å². The Morgan fingerprint density at radius 2 is 1.27 bits per heavy atom. The number of aryl methyl sites for hydroxylation is 1. The number of furan rings is 1. The molecule has 304 valence electrons. The van der Waals surface area contributed by atoms with E-state index in [1.165, 1.54) is 38.6 Å². The zero-order valence-corrected chi connectivity index (χ0v) is 35.2. The average molecular weight is 824 g/mol. The molecule has 1 aliphatic heterocycles. The van der Waals surface area contributed by atoms with Crippen LogP contribution in [0.25, 0.3) is 83.3 Å². The van der Waals surface area contributed by atoms with Crippen molar-refractivity contribution in [1.82, 2.24) is 15.0 Å². The van der Waals surface area contributed by atoms with Crippen LogP contribution in [0.3, 0.4) is 0 Å². The summed E-state index contributed by atoms with van der Waals surface area (Å²) in [5, 5.41) is 4.58. The van der Waals surface area contributed by atoms with Gasteiger partial charge in [0.25, 0.3) is 0 Å². The topological polar surface area (TPSA) is 61.0 Å². The number of hydrogen-bond donors (Lipinski definition) is 0. The van der Waals surface area contributed by atoms with Crippen molar-refractivity contribution in [3.63, 3.8) is 0 Å². The quantitative estimate of drug-likeness (QED) is 0.173. The van der Waals surface area contributed by atoms with Crippen molar-refractivity contribution in [2.45, 2.75) is 37.2 Å². The van der Waals surface area contributed by atoms with Crippen molar-refractivity contribution >= 4 is 38.3 Å². The van der Waals surface area contributed by atoms with Gasteiger partial charge in [0.1, 0.15) is 23.0 Å². The lowest BCUT2D eigenvalue weighted by atomic mass is 9.70. The van der Waals surface area contributed by atoms with Gasteiger partial charge in [-0.25, -0.2) is 15.0 Å². The molecule has 0 N–H and O–H groups in total. The molecule has 10 aromatic rings. The predicted octanol–water partition coefficient (Wildman–Crippen LogP) is 14.3. The van der Waals surface area contributed by atoms with E-state index < -0.39 is 5.41 Å². The molecule has 0 radical (unpaired) electrons. The maximum Gasteiger partial charge on any atom is 0.164 e. The third kappa shape index (κ3) is 5.67. The monoisotopic (exact) mass is 823 g/mol. The third-order valence-corrected chi connectivity index (χ3v) is 14.0. The molecule has 0 fully saturated rings. The minimum atomic E-state index is -0.518. The van der Waals surface area contributed by atoms with E-state index in [2.05, 4.69) is 183 Å². The van der Waals surface area contributed by atoms with Crippen molar-refractivity contribution in [3.8, 4) is 50.8 Å². The SMILES string of the molecule is CC12C(c3nc(-c4ccc(-c5ccccc5)cc4)nc(-c4ccc(C5CCc6cc7ccccc7cc6-c6ccccc65)c5oc6ccccc6c45)n3)=CC=CC1Oc1ccccc12. The molecular weight excluding hydrogens is 783 g/mol. The molecule has 64 heavy (non-hydrogen) atoms. The summed E-state index contributed by atoms with van der Waals surface area (Å²) in [6.07, 6.45) is 8.06. The highest BCUT2D eigenvalue weighted by Gasteiger charge is 2.49. The van der Waals surface area contributed by atoms with Gasteiger partial charge in [-0.15, -0.1) is 0 Å². The summed E-state index contributed by atoms with van der Waals surface area (Å²) in [5.41, 5.74) is 13.9. The van der Waals surface area contributed by atoms with Crippen LogP contribution in [-0.2, 0) is 11.8 Å². The minimum absolute atomic E-state index is 0.0925. The summed E-state index contributed by atoms with van der Waals surface area (Å²) < 4.78 is 13.6. The Kier molecular flexibility index (Phi) is 8.23. The predicted molar refractivity (Wildman–Crippen MR) is 258 cm³/mol. The Morgan fingerprint density at radius 3 is 2.16 bits per heavy atom. The number of fused-ring (bicyclic) bond motifs is 10.